The highest BCUT2D eigenvalue weighted by atomic mass is 32.2. The van der Waals surface area contributed by atoms with Crippen molar-refractivity contribution in [2.75, 3.05) is 44.4 Å². The van der Waals surface area contributed by atoms with Crippen molar-refractivity contribution in [3.63, 3.8) is 0 Å². The molecule has 2 fully saturated rings. The molecule has 20 heavy (non-hydrogen) atoms. The minimum atomic E-state index is -2.98. The van der Waals surface area contributed by atoms with Crippen molar-refractivity contribution in [3.05, 3.63) is 0 Å². The molecule has 1 aliphatic heterocycles. The molecule has 1 saturated heterocycles. The Morgan fingerprint density at radius 1 is 1.30 bits per heavy atom. The molecule has 0 bridgehead atoms. The Bertz CT molecular complexity index is 400. The van der Waals surface area contributed by atoms with Gasteiger partial charge in [0.05, 0.1) is 0 Å². The van der Waals surface area contributed by atoms with Crippen LogP contribution in [0.3, 0.4) is 0 Å². The zero-order chi connectivity index (χ0) is 14.6. The third-order valence-corrected chi connectivity index (χ3v) is 7.38. The number of hydrogen-bond donors (Lipinski definition) is 1. The molecule has 0 aromatic rings. The predicted octanol–water partition coefficient (Wildman–Crippen LogP) is 1.58. The summed E-state index contributed by atoms with van der Waals surface area (Å²) in [7, 11) is -0.972. The van der Waals surface area contributed by atoms with Crippen molar-refractivity contribution in [1.82, 2.24) is 10.2 Å². The Morgan fingerprint density at radius 3 is 2.60 bits per heavy atom. The van der Waals surface area contributed by atoms with Crippen LogP contribution in [0.1, 0.15) is 32.1 Å². The second-order valence-corrected chi connectivity index (χ2v) is 9.77. The summed E-state index contributed by atoms with van der Waals surface area (Å²) < 4.78 is 24.1. The van der Waals surface area contributed by atoms with Crippen LogP contribution in [0.5, 0.6) is 0 Å². The highest BCUT2D eigenvalue weighted by Gasteiger charge is 2.38. The van der Waals surface area contributed by atoms with E-state index in [1.807, 2.05) is 7.05 Å². The van der Waals surface area contributed by atoms with Gasteiger partial charge in [0, 0.05) is 37.4 Å². The first-order valence-electron chi connectivity index (χ1n) is 7.62. The molecule has 0 amide bonds. The molecule has 1 saturated carbocycles. The van der Waals surface area contributed by atoms with Gasteiger partial charge in [-0.05, 0) is 25.3 Å². The molecule has 118 valence electrons. The molecule has 1 unspecified atom stereocenters. The van der Waals surface area contributed by atoms with Crippen LogP contribution in [0.4, 0.5) is 0 Å². The highest BCUT2D eigenvalue weighted by Crippen LogP contribution is 2.38. The zero-order valence-corrected chi connectivity index (χ0v) is 14.4. The third-order valence-electron chi connectivity index (χ3n) is 4.69. The lowest BCUT2D eigenvalue weighted by Crippen LogP contribution is -2.53. The van der Waals surface area contributed by atoms with Gasteiger partial charge >= 0.3 is 0 Å². The zero-order valence-electron chi connectivity index (χ0n) is 12.7. The van der Waals surface area contributed by atoms with Crippen LogP contribution in [-0.4, -0.2) is 63.1 Å². The van der Waals surface area contributed by atoms with Gasteiger partial charge in [0.1, 0.15) is 5.37 Å². The Morgan fingerprint density at radius 2 is 2.00 bits per heavy atom. The molecule has 0 aromatic heterocycles. The van der Waals surface area contributed by atoms with Gasteiger partial charge in [0.25, 0.3) is 0 Å². The minimum absolute atomic E-state index is 0.276. The molecule has 1 heterocycles. The van der Waals surface area contributed by atoms with Crippen LogP contribution in [0.15, 0.2) is 0 Å². The average Bonchev–Trinajstić information content (AvgIpc) is 2.39. The van der Waals surface area contributed by atoms with E-state index < -0.39 is 9.84 Å². The van der Waals surface area contributed by atoms with Gasteiger partial charge in [0.15, 0.2) is 9.84 Å². The first kappa shape index (κ1) is 16.6. The fraction of sp³-hybridized carbons (Fsp3) is 1.00. The standard InChI is InChI=1S/C14H28N2O2S2/c1-15-11-14(6-4-3-5-7-14)12-16-8-9-19-10-13(16)20(2,17)18/h13,15H,3-12H2,1-2H3. The fourth-order valence-corrected chi connectivity index (χ4v) is 6.63. The topological polar surface area (TPSA) is 49.4 Å². The van der Waals surface area contributed by atoms with E-state index >= 15 is 0 Å². The lowest BCUT2D eigenvalue weighted by Gasteiger charge is -2.44. The fourth-order valence-electron chi connectivity index (χ4n) is 3.69. The summed E-state index contributed by atoms with van der Waals surface area (Å²) in [5.74, 6) is 1.79. The van der Waals surface area contributed by atoms with Gasteiger partial charge < -0.3 is 5.32 Å². The molecule has 2 aliphatic rings. The Balaban J connectivity index is 2.11. The normalized spacial score (nSPS) is 28.4. The molecule has 1 atom stereocenters. The molecule has 0 aromatic carbocycles. The van der Waals surface area contributed by atoms with E-state index in [0.717, 1.165) is 31.1 Å². The van der Waals surface area contributed by atoms with Crippen LogP contribution in [0.2, 0.25) is 0 Å². The van der Waals surface area contributed by atoms with Crippen LogP contribution in [0.25, 0.3) is 0 Å². The van der Waals surface area contributed by atoms with E-state index in [2.05, 4.69) is 10.2 Å². The number of hydrogen-bond acceptors (Lipinski definition) is 5. The van der Waals surface area contributed by atoms with Crippen molar-refractivity contribution < 1.29 is 8.42 Å². The van der Waals surface area contributed by atoms with Gasteiger partial charge in [-0.1, -0.05) is 19.3 Å². The molecular weight excluding hydrogens is 292 g/mol. The van der Waals surface area contributed by atoms with Crippen molar-refractivity contribution in [1.29, 1.82) is 0 Å². The maximum Gasteiger partial charge on any atom is 0.164 e. The van der Waals surface area contributed by atoms with E-state index in [1.165, 1.54) is 38.4 Å². The summed E-state index contributed by atoms with van der Waals surface area (Å²) in [6.07, 6.45) is 7.75. The third kappa shape index (κ3) is 4.12. The van der Waals surface area contributed by atoms with E-state index in [-0.39, 0.29) is 10.8 Å². The molecule has 1 N–H and O–H groups in total. The van der Waals surface area contributed by atoms with Gasteiger partial charge in [0.2, 0.25) is 0 Å². The number of rotatable bonds is 5. The number of sulfone groups is 1. The molecule has 1 aliphatic carbocycles. The molecule has 0 spiro atoms. The Kier molecular flexibility index (Phi) is 5.79. The largest absolute Gasteiger partial charge is 0.319 e. The Hall–Kier alpha value is 0.220. The van der Waals surface area contributed by atoms with E-state index in [1.54, 1.807) is 11.8 Å². The quantitative estimate of drug-likeness (QED) is 0.833. The van der Waals surface area contributed by atoms with Gasteiger partial charge in [-0.15, -0.1) is 0 Å². The van der Waals surface area contributed by atoms with Gasteiger partial charge in [-0.2, -0.15) is 11.8 Å². The van der Waals surface area contributed by atoms with E-state index in [0.29, 0.717) is 0 Å². The van der Waals surface area contributed by atoms with Crippen molar-refractivity contribution in [3.8, 4) is 0 Å². The summed E-state index contributed by atoms with van der Waals surface area (Å²) in [5, 5.41) is 3.06. The second-order valence-electron chi connectivity index (χ2n) is 6.42. The highest BCUT2D eigenvalue weighted by molar-refractivity contribution is 8.00. The number of nitrogens with one attached hydrogen (secondary N) is 1. The first-order valence-corrected chi connectivity index (χ1v) is 10.7. The predicted molar refractivity (Wildman–Crippen MR) is 87.0 cm³/mol. The lowest BCUT2D eigenvalue weighted by atomic mass is 9.73. The summed E-state index contributed by atoms with van der Waals surface area (Å²) in [5.41, 5.74) is 0.276. The van der Waals surface area contributed by atoms with Crippen molar-refractivity contribution in [2.24, 2.45) is 5.41 Å². The van der Waals surface area contributed by atoms with Crippen molar-refractivity contribution in [2.45, 2.75) is 37.5 Å². The molecule has 0 radical (unpaired) electrons. The molecule has 6 heteroatoms. The smallest absolute Gasteiger partial charge is 0.164 e. The average molecular weight is 321 g/mol. The molecular formula is C14H28N2O2S2. The van der Waals surface area contributed by atoms with Crippen LogP contribution in [0, 0.1) is 5.41 Å². The van der Waals surface area contributed by atoms with Crippen molar-refractivity contribution >= 4 is 21.6 Å². The summed E-state index contributed by atoms with van der Waals surface area (Å²) in [6.45, 7) is 2.85. The van der Waals surface area contributed by atoms with Gasteiger partial charge in [-0.25, -0.2) is 8.42 Å². The minimum Gasteiger partial charge on any atom is -0.319 e. The molecule has 4 nitrogen and oxygen atoms in total. The SMILES string of the molecule is CNCC1(CN2CCSCC2S(C)(=O)=O)CCCCC1. The molecule has 2 rings (SSSR count). The first-order chi connectivity index (χ1) is 9.47. The van der Waals surface area contributed by atoms with E-state index in [9.17, 15) is 8.42 Å². The lowest BCUT2D eigenvalue weighted by molar-refractivity contribution is 0.102. The number of thioether (sulfide) groups is 1. The monoisotopic (exact) mass is 320 g/mol. The summed E-state index contributed by atoms with van der Waals surface area (Å²) in [6, 6.07) is 0. The van der Waals surface area contributed by atoms with Crippen LogP contribution >= 0.6 is 11.8 Å². The maximum absolute atomic E-state index is 12.0. The summed E-state index contributed by atoms with van der Waals surface area (Å²) >= 11 is 1.77. The van der Waals surface area contributed by atoms with Gasteiger partial charge in [-0.3, -0.25) is 4.90 Å². The Labute approximate surface area is 128 Å². The number of nitrogens with zero attached hydrogens (tertiary/aromatic N) is 1. The second kappa shape index (κ2) is 6.99. The van der Waals surface area contributed by atoms with Crippen LogP contribution < -0.4 is 5.32 Å². The maximum atomic E-state index is 12.0. The summed E-state index contributed by atoms with van der Waals surface area (Å²) in [4.78, 5) is 2.24. The van der Waals surface area contributed by atoms with Crippen LogP contribution in [-0.2, 0) is 9.84 Å². The van der Waals surface area contributed by atoms with E-state index in [4.69, 9.17) is 0 Å².